The summed E-state index contributed by atoms with van der Waals surface area (Å²) < 4.78 is 31.7. The van der Waals surface area contributed by atoms with E-state index < -0.39 is 11.6 Å². The Balaban J connectivity index is 1.57. The average molecular weight is 638 g/mol. The fourth-order valence-corrected chi connectivity index (χ4v) is 5.54. The molecule has 47 heavy (non-hydrogen) atoms. The average Bonchev–Trinajstić information content (AvgIpc) is 3.49. The quantitative estimate of drug-likeness (QED) is 0.0686. The van der Waals surface area contributed by atoms with Gasteiger partial charge >= 0.3 is 0 Å². The number of hydrogen-bond donors (Lipinski definition) is 2. The normalized spacial score (nSPS) is 16.8. The summed E-state index contributed by atoms with van der Waals surface area (Å²) in [5, 5.41) is 15.9. The van der Waals surface area contributed by atoms with Crippen LogP contribution in [0.1, 0.15) is 40.3 Å². The molecule has 0 aliphatic carbocycles. The van der Waals surface area contributed by atoms with Crippen molar-refractivity contribution in [3.8, 4) is 11.5 Å². The van der Waals surface area contributed by atoms with E-state index >= 15 is 0 Å². The number of aliphatic hydroxyl groups excluding tert-OH is 1. The van der Waals surface area contributed by atoms with Crippen LogP contribution >= 0.6 is 0 Å². The van der Waals surface area contributed by atoms with E-state index in [1.807, 2.05) is 66.7 Å². The van der Waals surface area contributed by atoms with Crippen molar-refractivity contribution in [3.63, 3.8) is 0 Å². The van der Waals surface area contributed by atoms with Gasteiger partial charge in [-0.15, -0.1) is 0 Å². The van der Waals surface area contributed by atoms with E-state index in [1.54, 1.807) is 25.3 Å². The Morgan fingerprint density at radius 2 is 1.83 bits per heavy atom. The molecule has 1 heterocycles. The minimum Gasteiger partial charge on any atom is -0.497 e. The molecule has 0 fully saturated rings. The Hall–Kier alpha value is -5.38. The maximum absolute atomic E-state index is 14.5. The van der Waals surface area contributed by atoms with E-state index in [2.05, 4.69) is 15.3 Å². The zero-order valence-corrected chi connectivity index (χ0v) is 26.0. The molecule has 1 aliphatic rings. The molecule has 0 radical (unpaired) electrons. The maximum Gasteiger partial charge on any atom is 0.252 e. The topological polar surface area (TPSA) is 138 Å². The van der Waals surface area contributed by atoms with E-state index in [9.17, 15) is 9.18 Å². The Labute approximate surface area is 272 Å². The number of ether oxygens (including phenoxy) is 3. The lowest BCUT2D eigenvalue weighted by Crippen LogP contribution is -2.50. The second-order valence-corrected chi connectivity index (χ2v) is 11.0. The van der Waals surface area contributed by atoms with Crippen molar-refractivity contribution in [2.45, 2.75) is 37.5 Å². The highest BCUT2D eigenvalue weighted by molar-refractivity contribution is 6.01. The predicted octanol–water partition coefficient (Wildman–Crippen LogP) is 6.26. The van der Waals surface area contributed by atoms with Gasteiger partial charge < -0.3 is 24.6 Å². The number of methoxy groups -OCH3 is 1. The van der Waals surface area contributed by atoms with Crippen LogP contribution in [-0.2, 0) is 28.9 Å². The van der Waals surface area contributed by atoms with Gasteiger partial charge in [-0.3, -0.25) is 4.79 Å². The molecule has 2 N–H and O–H groups in total. The lowest BCUT2D eigenvalue weighted by molar-refractivity contribution is -0.128. The van der Waals surface area contributed by atoms with Crippen molar-refractivity contribution in [2.24, 2.45) is 10.1 Å². The van der Waals surface area contributed by atoms with Crippen molar-refractivity contribution in [2.75, 3.05) is 26.9 Å². The number of nitrogens with zero attached hydrogens (tertiary/aromatic N) is 4. The van der Waals surface area contributed by atoms with Crippen molar-refractivity contribution >= 4 is 11.8 Å². The molecule has 0 spiro atoms. The highest BCUT2D eigenvalue weighted by Gasteiger charge is 2.53. The molecule has 0 unspecified atom stereocenters. The first kappa shape index (κ1) is 33.0. The van der Waals surface area contributed by atoms with E-state index in [-0.39, 0.29) is 43.7 Å². The summed E-state index contributed by atoms with van der Waals surface area (Å²) in [5.74, 6) is 0.765. The number of rotatable bonds is 15. The second kappa shape index (κ2) is 15.8. The third-order valence-corrected chi connectivity index (χ3v) is 7.90. The number of benzene rings is 4. The van der Waals surface area contributed by atoms with Crippen molar-refractivity contribution < 1.29 is 28.5 Å². The number of aliphatic hydroxyl groups is 1. The van der Waals surface area contributed by atoms with Crippen LogP contribution in [0.3, 0.4) is 0 Å². The van der Waals surface area contributed by atoms with Gasteiger partial charge in [0.1, 0.15) is 17.3 Å². The third kappa shape index (κ3) is 8.07. The number of hydrogen-bond acceptors (Lipinski definition) is 7. The van der Waals surface area contributed by atoms with Crippen LogP contribution in [0.4, 0.5) is 4.39 Å². The Morgan fingerprint density at radius 3 is 2.57 bits per heavy atom. The van der Waals surface area contributed by atoms with Gasteiger partial charge in [0.2, 0.25) is 5.90 Å². The van der Waals surface area contributed by atoms with Crippen LogP contribution in [0.5, 0.6) is 11.5 Å². The SMILES string of the molecule is COc1cccc([C@H]2OC(c3ccc(OCCCO)cc3)=N[C@@]2(Cc2ccccc2CN=[N+]=[N-])C(=O)NCCc2cccc(F)c2)c1. The molecular formula is C36H36FN5O5. The van der Waals surface area contributed by atoms with Gasteiger partial charge in [0, 0.05) is 36.5 Å². The molecule has 1 amide bonds. The predicted molar refractivity (Wildman–Crippen MR) is 176 cm³/mol. The van der Waals surface area contributed by atoms with Crippen LogP contribution in [0.25, 0.3) is 10.4 Å². The summed E-state index contributed by atoms with van der Waals surface area (Å²) in [6.45, 7) is 0.745. The largest absolute Gasteiger partial charge is 0.497 e. The molecular weight excluding hydrogens is 601 g/mol. The number of amides is 1. The number of nitrogens with one attached hydrogen (secondary N) is 1. The van der Waals surface area contributed by atoms with Crippen LogP contribution in [-0.4, -0.2) is 49.3 Å². The lowest BCUT2D eigenvalue weighted by Gasteiger charge is -2.31. The van der Waals surface area contributed by atoms with Crippen molar-refractivity contribution in [1.29, 1.82) is 0 Å². The molecule has 1 aliphatic heterocycles. The Morgan fingerprint density at radius 1 is 1.04 bits per heavy atom. The molecule has 4 aromatic rings. The van der Waals surface area contributed by atoms with Gasteiger partial charge in [-0.05, 0) is 82.7 Å². The molecule has 0 bridgehead atoms. The smallest absolute Gasteiger partial charge is 0.252 e. The lowest BCUT2D eigenvalue weighted by atomic mass is 9.80. The van der Waals surface area contributed by atoms with Gasteiger partial charge in [-0.25, -0.2) is 9.38 Å². The van der Waals surface area contributed by atoms with Gasteiger partial charge in [0.05, 0.1) is 20.3 Å². The van der Waals surface area contributed by atoms with E-state index in [0.29, 0.717) is 42.1 Å². The summed E-state index contributed by atoms with van der Waals surface area (Å²) in [6.07, 6.45) is 0.183. The summed E-state index contributed by atoms with van der Waals surface area (Å²) in [7, 11) is 1.57. The second-order valence-electron chi connectivity index (χ2n) is 11.0. The molecule has 5 rings (SSSR count). The highest BCUT2D eigenvalue weighted by Crippen LogP contribution is 2.43. The van der Waals surface area contributed by atoms with Crippen LogP contribution < -0.4 is 14.8 Å². The van der Waals surface area contributed by atoms with Gasteiger partial charge in [0.25, 0.3) is 5.91 Å². The summed E-state index contributed by atoms with van der Waals surface area (Å²) in [6, 6.07) is 28.2. The van der Waals surface area contributed by atoms with Crippen LogP contribution in [0.15, 0.2) is 107 Å². The molecule has 242 valence electrons. The van der Waals surface area contributed by atoms with Crippen molar-refractivity contribution in [1.82, 2.24) is 5.32 Å². The van der Waals surface area contributed by atoms with Gasteiger partial charge in [0.15, 0.2) is 11.6 Å². The summed E-state index contributed by atoms with van der Waals surface area (Å²) >= 11 is 0. The Bertz CT molecular complexity index is 1760. The third-order valence-electron chi connectivity index (χ3n) is 7.90. The number of aliphatic imine (C=N–C) groups is 1. The fourth-order valence-electron chi connectivity index (χ4n) is 5.54. The number of halogens is 1. The molecule has 10 nitrogen and oxygen atoms in total. The molecule has 4 aromatic carbocycles. The molecule has 0 saturated heterocycles. The first-order chi connectivity index (χ1) is 23.0. The number of azide groups is 1. The molecule has 0 saturated carbocycles. The van der Waals surface area contributed by atoms with E-state index in [1.165, 1.54) is 12.1 Å². The monoisotopic (exact) mass is 637 g/mol. The highest BCUT2D eigenvalue weighted by atomic mass is 19.1. The Kier molecular flexibility index (Phi) is 11.1. The first-order valence-corrected chi connectivity index (χ1v) is 15.3. The molecule has 2 atom stereocenters. The minimum atomic E-state index is -1.49. The van der Waals surface area contributed by atoms with Crippen LogP contribution in [0.2, 0.25) is 0 Å². The summed E-state index contributed by atoms with van der Waals surface area (Å²) in [5.41, 5.74) is 11.1. The van der Waals surface area contributed by atoms with Gasteiger partial charge in [-0.2, -0.15) is 0 Å². The minimum absolute atomic E-state index is 0.0345. The van der Waals surface area contributed by atoms with Gasteiger partial charge in [-0.1, -0.05) is 53.6 Å². The first-order valence-electron chi connectivity index (χ1n) is 15.3. The number of carbonyl (C=O) groups is 1. The van der Waals surface area contributed by atoms with Crippen LogP contribution in [0, 0.1) is 5.82 Å². The standard InChI is InChI=1S/C36H36FN5O5/c1-45-32-12-5-10-27(22-32)33-36(23-28-8-2-3-9-29(28)24-40-42-38,35(44)39-18-17-25-7-4-11-30(37)21-25)41-34(47-33)26-13-15-31(16-14-26)46-20-6-19-43/h2-5,7-16,21-22,33,43H,6,17-20,23-24H2,1H3,(H,39,44)/t33-,36-/m1/s1. The van der Waals surface area contributed by atoms with E-state index in [0.717, 1.165) is 16.7 Å². The zero-order chi connectivity index (χ0) is 33.1. The molecule has 11 heteroatoms. The van der Waals surface area contributed by atoms with E-state index in [4.69, 9.17) is 29.8 Å². The summed E-state index contributed by atoms with van der Waals surface area (Å²) in [4.78, 5) is 22.5. The number of carbonyl (C=O) groups excluding carboxylic acids is 1. The fraction of sp³-hybridized carbons (Fsp3) is 0.278. The van der Waals surface area contributed by atoms with Crippen molar-refractivity contribution in [3.05, 3.63) is 141 Å². The maximum atomic E-state index is 14.5. The molecule has 0 aromatic heterocycles. The zero-order valence-electron chi connectivity index (χ0n) is 26.0.